The Hall–Kier alpha value is -4.29. The van der Waals surface area contributed by atoms with Crippen molar-refractivity contribution in [3.63, 3.8) is 0 Å². The van der Waals surface area contributed by atoms with Gasteiger partial charge in [0.05, 0.1) is 12.1 Å². The highest BCUT2D eigenvalue weighted by Gasteiger charge is 2.22. The zero-order chi connectivity index (χ0) is 26.8. The number of anilines is 1. The first-order valence-corrected chi connectivity index (χ1v) is 13.6. The average molecular weight is 520 g/mol. The number of para-hydroxylation sites is 2. The van der Waals surface area contributed by atoms with Gasteiger partial charge in [-0.25, -0.2) is 4.79 Å². The average Bonchev–Trinajstić information content (AvgIpc) is 3.35. The number of piperazine rings is 1. The van der Waals surface area contributed by atoms with Gasteiger partial charge in [-0.2, -0.15) is 0 Å². The number of ether oxygens (including phenoxy) is 1. The zero-order valence-corrected chi connectivity index (χ0v) is 22.2. The molecule has 5 aromatic rings. The van der Waals surface area contributed by atoms with E-state index in [1.165, 1.54) is 5.69 Å². The molecule has 2 heterocycles. The fourth-order valence-electron chi connectivity index (χ4n) is 5.72. The molecule has 1 aliphatic heterocycles. The van der Waals surface area contributed by atoms with E-state index in [1.54, 1.807) is 0 Å². The molecule has 6 nitrogen and oxygen atoms in total. The molecule has 0 amide bonds. The predicted molar refractivity (Wildman–Crippen MR) is 158 cm³/mol. The maximum absolute atomic E-state index is 12.3. The van der Waals surface area contributed by atoms with Crippen molar-refractivity contribution in [2.75, 3.05) is 44.7 Å². The number of H-pyrrole nitrogens is 1. The summed E-state index contributed by atoms with van der Waals surface area (Å²) in [6.45, 7) is 4.49. The van der Waals surface area contributed by atoms with Crippen molar-refractivity contribution in [2.24, 2.45) is 0 Å². The summed E-state index contributed by atoms with van der Waals surface area (Å²) in [5, 5.41) is 13.3. The number of likely N-dealkylation sites (N-methyl/N-ethyl adjacent to an activating group) is 1. The third-order valence-corrected chi connectivity index (χ3v) is 7.77. The number of fused-ring (bicyclic) bond motifs is 2. The van der Waals surface area contributed by atoms with Crippen LogP contribution in [0.1, 0.15) is 22.5 Å². The summed E-state index contributed by atoms with van der Waals surface area (Å²) in [5.74, 6) is -0.0808. The van der Waals surface area contributed by atoms with Crippen LogP contribution in [-0.4, -0.2) is 60.8 Å². The molecule has 6 rings (SSSR count). The molecule has 39 heavy (non-hydrogen) atoms. The molecule has 0 bridgehead atoms. The Bertz CT molecular complexity index is 1630. The number of aryl methyl sites for hydroxylation is 1. The number of aromatic amines is 1. The molecular formula is C33H33N3O3. The number of carboxylic acid groups (broad SMARTS) is 1. The highest BCUT2D eigenvalue weighted by molar-refractivity contribution is 6.04. The minimum absolute atomic E-state index is 0.264. The van der Waals surface area contributed by atoms with Crippen molar-refractivity contribution in [3.05, 3.63) is 96.2 Å². The number of hydrogen-bond acceptors (Lipinski definition) is 4. The molecule has 0 aliphatic carbocycles. The Morgan fingerprint density at radius 2 is 1.54 bits per heavy atom. The normalized spacial score (nSPS) is 14.2. The molecule has 1 fully saturated rings. The third-order valence-electron chi connectivity index (χ3n) is 7.77. The molecule has 1 aromatic heterocycles. The summed E-state index contributed by atoms with van der Waals surface area (Å²) >= 11 is 0. The molecule has 0 spiro atoms. The van der Waals surface area contributed by atoms with Crippen molar-refractivity contribution >= 4 is 33.3 Å². The van der Waals surface area contributed by atoms with Gasteiger partial charge in [0, 0.05) is 53.8 Å². The van der Waals surface area contributed by atoms with Gasteiger partial charge in [0.2, 0.25) is 0 Å². The van der Waals surface area contributed by atoms with E-state index in [0.717, 1.165) is 70.3 Å². The minimum atomic E-state index is -0.936. The van der Waals surface area contributed by atoms with E-state index < -0.39 is 5.97 Å². The summed E-state index contributed by atoms with van der Waals surface area (Å²) in [5.41, 5.74) is 5.31. The molecule has 0 saturated carbocycles. The minimum Gasteiger partial charge on any atom is -0.493 e. The number of nitrogens with one attached hydrogen (secondary N) is 1. The fourth-order valence-corrected chi connectivity index (χ4v) is 5.72. The molecule has 4 aromatic carbocycles. The van der Waals surface area contributed by atoms with Crippen molar-refractivity contribution in [1.29, 1.82) is 0 Å². The SMILES string of the molecule is CN1CCN(c2ccccc2-c2cccc3c(CCCOc4cccc5ccccc45)c(C(=O)O)[nH]c23)CC1. The quantitative estimate of drug-likeness (QED) is 0.231. The smallest absolute Gasteiger partial charge is 0.352 e. The van der Waals surface area contributed by atoms with Gasteiger partial charge in [-0.1, -0.05) is 72.8 Å². The molecular weight excluding hydrogens is 486 g/mol. The molecule has 0 unspecified atom stereocenters. The number of carboxylic acids is 1. The van der Waals surface area contributed by atoms with Crippen LogP contribution in [0.25, 0.3) is 32.8 Å². The van der Waals surface area contributed by atoms with E-state index in [0.29, 0.717) is 19.4 Å². The first-order valence-electron chi connectivity index (χ1n) is 13.6. The Kier molecular flexibility index (Phi) is 6.95. The van der Waals surface area contributed by atoms with Crippen molar-refractivity contribution in [3.8, 4) is 16.9 Å². The van der Waals surface area contributed by atoms with Crippen LogP contribution < -0.4 is 9.64 Å². The number of aromatic carboxylic acids is 1. The molecule has 2 N–H and O–H groups in total. The van der Waals surface area contributed by atoms with Crippen LogP contribution >= 0.6 is 0 Å². The van der Waals surface area contributed by atoms with Crippen molar-refractivity contribution in [1.82, 2.24) is 9.88 Å². The zero-order valence-electron chi connectivity index (χ0n) is 22.2. The first-order chi connectivity index (χ1) is 19.1. The Balaban J connectivity index is 1.28. The molecule has 0 radical (unpaired) electrons. The lowest BCUT2D eigenvalue weighted by Gasteiger charge is -2.35. The summed E-state index contributed by atoms with van der Waals surface area (Å²) in [7, 11) is 2.16. The van der Waals surface area contributed by atoms with Crippen LogP contribution in [0.2, 0.25) is 0 Å². The van der Waals surface area contributed by atoms with E-state index in [1.807, 2.05) is 36.4 Å². The van der Waals surface area contributed by atoms with E-state index in [2.05, 4.69) is 70.4 Å². The summed E-state index contributed by atoms with van der Waals surface area (Å²) in [4.78, 5) is 20.4. The highest BCUT2D eigenvalue weighted by Crippen LogP contribution is 2.37. The molecule has 1 aliphatic rings. The number of benzene rings is 4. The molecule has 1 saturated heterocycles. The maximum Gasteiger partial charge on any atom is 0.352 e. The fraction of sp³-hybridized carbons (Fsp3) is 0.242. The van der Waals surface area contributed by atoms with Gasteiger partial charge < -0.3 is 24.6 Å². The first kappa shape index (κ1) is 25.0. The van der Waals surface area contributed by atoms with Crippen LogP contribution in [0.15, 0.2) is 84.9 Å². The lowest BCUT2D eigenvalue weighted by molar-refractivity contribution is 0.0690. The standard InChI is InChI=1S/C33H33N3O3/c1-35-18-20-36(21-19-35)29-16-5-4-12-25(29)26-13-7-14-27-28(32(33(37)38)34-31(26)27)15-8-22-39-30-17-6-10-23-9-2-3-11-24(23)30/h2-7,9-14,16-17,34H,8,15,18-22H2,1H3,(H,37,38). The molecule has 6 heteroatoms. The molecule has 0 atom stereocenters. The summed E-state index contributed by atoms with van der Waals surface area (Å²) < 4.78 is 6.15. The number of hydrogen-bond donors (Lipinski definition) is 2. The van der Waals surface area contributed by atoms with Gasteiger partial charge in [-0.3, -0.25) is 0 Å². The highest BCUT2D eigenvalue weighted by atomic mass is 16.5. The number of aromatic nitrogens is 1. The van der Waals surface area contributed by atoms with Gasteiger partial charge in [0.1, 0.15) is 11.4 Å². The monoisotopic (exact) mass is 519 g/mol. The summed E-state index contributed by atoms with van der Waals surface area (Å²) in [6, 6.07) is 28.8. The Morgan fingerprint density at radius 1 is 0.846 bits per heavy atom. The van der Waals surface area contributed by atoms with Crippen molar-refractivity contribution < 1.29 is 14.6 Å². The van der Waals surface area contributed by atoms with E-state index >= 15 is 0 Å². The van der Waals surface area contributed by atoms with Crippen LogP contribution in [0.3, 0.4) is 0 Å². The maximum atomic E-state index is 12.3. The van der Waals surface area contributed by atoms with Crippen LogP contribution in [0.4, 0.5) is 5.69 Å². The van der Waals surface area contributed by atoms with E-state index in [9.17, 15) is 9.90 Å². The second-order valence-electron chi connectivity index (χ2n) is 10.2. The van der Waals surface area contributed by atoms with Gasteiger partial charge in [-0.15, -0.1) is 0 Å². The number of rotatable bonds is 8. The van der Waals surface area contributed by atoms with Gasteiger partial charge >= 0.3 is 5.97 Å². The van der Waals surface area contributed by atoms with Crippen LogP contribution in [-0.2, 0) is 6.42 Å². The van der Waals surface area contributed by atoms with Crippen LogP contribution in [0, 0.1) is 0 Å². The molecule has 198 valence electrons. The second-order valence-corrected chi connectivity index (χ2v) is 10.2. The third kappa shape index (κ3) is 4.95. The number of nitrogens with zero attached hydrogens (tertiary/aromatic N) is 2. The predicted octanol–water partition coefficient (Wildman–Crippen LogP) is 6.45. The second kappa shape index (κ2) is 10.8. The van der Waals surface area contributed by atoms with E-state index in [4.69, 9.17) is 4.74 Å². The van der Waals surface area contributed by atoms with Gasteiger partial charge in [0.15, 0.2) is 0 Å². The number of carbonyl (C=O) groups is 1. The summed E-state index contributed by atoms with van der Waals surface area (Å²) in [6.07, 6.45) is 1.31. The van der Waals surface area contributed by atoms with Gasteiger partial charge in [-0.05, 0) is 43.0 Å². The van der Waals surface area contributed by atoms with Crippen LogP contribution in [0.5, 0.6) is 5.75 Å². The lowest BCUT2D eigenvalue weighted by Crippen LogP contribution is -2.44. The Labute approximate surface area is 228 Å². The largest absolute Gasteiger partial charge is 0.493 e. The topological polar surface area (TPSA) is 68.8 Å². The Morgan fingerprint density at radius 3 is 2.38 bits per heavy atom. The van der Waals surface area contributed by atoms with E-state index in [-0.39, 0.29) is 5.69 Å². The lowest BCUT2D eigenvalue weighted by atomic mass is 9.98. The van der Waals surface area contributed by atoms with Crippen molar-refractivity contribution in [2.45, 2.75) is 12.8 Å². The van der Waals surface area contributed by atoms with Gasteiger partial charge in [0.25, 0.3) is 0 Å².